The molecular weight excluding hydrogens is 495 g/mol. The Morgan fingerprint density at radius 1 is 1.08 bits per heavy atom. The molecule has 0 saturated carbocycles. The molecule has 0 bridgehead atoms. The molecule has 9 heteroatoms. The molecule has 1 aliphatic heterocycles. The van der Waals surface area contributed by atoms with Gasteiger partial charge in [0.15, 0.2) is 0 Å². The quantitative estimate of drug-likeness (QED) is 0.345. The fourth-order valence-electron chi connectivity index (χ4n) is 4.79. The van der Waals surface area contributed by atoms with Crippen molar-refractivity contribution >= 4 is 32.6 Å². The summed E-state index contributed by atoms with van der Waals surface area (Å²) in [5, 5.41) is 3.32. The lowest BCUT2D eigenvalue weighted by Gasteiger charge is -2.23. The van der Waals surface area contributed by atoms with Crippen LogP contribution in [0, 0.1) is 5.82 Å². The molecule has 5 rings (SSSR count). The Kier molecular flexibility index (Phi) is 6.41. The van der Waals surface area contributed by atoms with Crippen LogP contribution in [-0.4, -0.2) is 34.2 Å². The third-order valence-corrected chi connectivity index (χ3v) is 7.84. The average Bonchev–Trinajstić information content (AvgIpc) is 3.16. The fourth-order valence-corrected chi connectivity index (χ4v) is 5.76. The maximum absolute atomic E-state index is 13.2. The van der Waals surface area contributed by atoms with E-state index >= 15 is 0 Å². The SMILES string of the molecule is CNC(=O)c1c(-c2ccc(Oc3ccc(F)cc3)cc2)oc2cc3c(cc12)[C@@H](C)CCCN3S(C)(=O)=O. The second-order valence-electron chi connectivity index (χ2n) is 9.25. The number of hydrogen-bond donors (Lipinski definition) is 1. The zero-order chi connectivity index (χ0) is 26.3. The van der Waals surface area contributed by atoms with Gasteiger partial charge in [-0.15, -0.1) is 0 Å². The van der Waals surface area contributed by atoms with Crippen LogP contribution in [0.15, 0.2) is 65.1 Å². The minimum atomic E-state index is -3.49. The minimum Gasteiger partial charge on any atom is -0.457 e. The summed E-state index contributed by atoms with van der Waals surface area (Å²) in [5.41, 5.74) is 2.93. The number of carbonyl (C=O) groups is 1. The number of halogens is 1. The Morgan fingerprint density at radius 3 is 2.35 bits per heavy atom. The second-order valence-corrected chi connectivity index (χ2v) is 11.2. The van der Waals surface area contributed by atoms with E-state index in [1.165, 1.54) is 34.8 Å². The van der Waals surface area contributed by atoms with Gasteiger partial charge in [-0.2, -0.15) is 0 Å². The van der Waals surface area contributed by atoms with E-state index in [0.29, 0.717) is 51.6 Å². The lowest BCUT2D eigenvalue weighted by molar-refractivity contribution is 0.0964. The van der Waals surface area contributed by atoms with Crippen molar-refractivity contribution in [2.24, 2.45) is 0 Å². The Labute approximate surface area is 214 Å². The van der Waals surface area contributed by atoms with Gasteiger partial charge in [0.05, 0.1) is 17.5 Å². The smallest absolute Gasteiger partial charge is 0.255 e. The lowest BCUT2D eigenvalue weighted by atomic mass is 9.93. The minimum absolute atomic E-state index is 0.116. The molecule has 0 radical (unpaired) electrons. The van der Waals surface area contributed by atoms with E-state index < -0.39 is 10.0 Å². The molecule has 1 atom stereocenters. The summed E-state index contributed by atoms with van der Waals surface area (Å²) in [6, 6.07) is 16.4. The summed E-state index contributed by atoms with van der Waals surface area (Å²) >= 11 is 0. The third-order valence-electron chi connectivity index (χ3n) is 6.66. The highest BCUT2D eigenvalue weighted by Gasteiger charge is 2.29. The van der Waals surface area contributed by atoms with Gasteiger partial charge in [-0.05, 0) is 78.9 Å². The van der Waals surface area contributed by atoms with E-state index in [2.05, 4.69) is 12.2 Å². The highest BCUT2D eigenvalue weighted by Crippen LogP contribution is 2.42. The Morgan fingerprint density at radius 2 is 1.73 bits per heavy atom. The first-order chi connectivity index (χ1) is 17.7. The number of nitrogens with zero attached hydrogens (tertiary/aromatic N) is 1. The van der Waals surface area contributed by atoms with Crippen LogP contribution in [0.25, 0.3) is 22.3 Å². The fraction of sp³-hybridized carbons (Fsp3) is 0.250. The molecule has 0 fully saturated rings. The van der Waals surface area contributed by atoms with Crippen molar-refractivity contribution in [3.8, 4) is 22.8 Å². The van der Waals surface area contributed by atoms with Gasteiger partial charge < -0.3 is 14.5 Å². The molecule has 1 aliphatic rings. The van der Waals surface area contributed by atoms with Crippen molar-refractivity contribution < 1.29 is 26.8 Å². The molecule has 1 amide bonds. The van der Waals surface area contributed by atoms with Crippen LogP contribution < -0.4 is 14.4 Å². The maximum Gasteiger partial charge on any atom is 0.255 e. The summed E-state index contributed by atoms with van der Waals surface area (Å²) in [7, 11) is -1.93. The molecule has 1 N–H and O–H groups in total. The highest BCUT2D eigenvalue weighted by atomic mass is 32.2. The average molecular weight is 523 g/mol. The predicted octanol–water partition coefficient (Wildman–Crippen LogP) is 6.05. The molecule has 2 heterocycles. The summed E-state index contributed by atoms with van der Waals surface area (Å²) < 4.78 is 51.7. The Balaban J connectivity index is 1.61. The van der Waals surface area contributed by atoms with Crippen molar-refractivity contribution in [2.45, 2.75) is 25.7 Å². The van der Waals surface area contributed by atoms with E-state index in [1.54, 1.807) is 37.4 Å². The first-order valence-electron chi connectivity index (χ1n) is 12.0. The van der Waals surface area contributed by atoms with E-state index in [-0.39, 0.29) is 17.6 Å². The van der Waals surface area contributed by atoms with Crippen LogP contribution in [0.5, 0.6) is 11.5 Å². The van der Waals surface area contributed by atoms with Crippen LogP contribution in [0.2, 0.25) is 0 Å². The number of furan rings is 1. The van der Waals surface area contributed by atoms with Crippen molar-refractivity contribution in [2.75, 3.05) is 24.2 Å². The van der Waals surface area contributed by atoms with Crippen LogP contribution in [0.3, 0.4) is 0 Å². The molecule has 4 aromatic rings. The van der Waals surface area contributed by atoms with Gasteiger partial charge in [0, 0.05) is 30.6 Å². The number of benzene rings is 3. The van der Waals surface area contributed by atoms with E-state index in [4.69, 9.17) is 9.15 Å². The van der Waals surface area contributed by atoms with Crippen molar-refractivity contribution in [3.63, 3.8) is 0 Å². The number of rotatable bonds is 5. The molecule has 1 aromatic heterocycles. The second kappa shape index (κ2) is 9.55. The number of hydrogen-bond acceptors (Lipinski definition) is 5. The van der Waals surface area contributed by atoms with Gasteiger partial charge in [-0.25, -0.2) is 12.8 Å². The Hall–Kier alpha value is -3.85. The van der Waals surface area contributed by atoms with E-state index in [0.717, 1.165) is 18.4 Å². The molecule has 0 saturated heterocycles. The van der Waals surface area contributed by atoms with Gasteiger partial charge >= 0.3 is 0 Å². The van der Waals surface area contributed by atoms with Crippen LogP contribution in [0.4, 0.5) is 10.1 Å². The molecule has 7 nitrogen and oxygen atoms in total. The predicted molar refractivity (Wildman–Crippen MR) is 141 cm³/mol. The summed E-state index contributed by atoms with van der Waals surface area (Å²) in [4.78, 5) is 13.0. The standard InChI is InChI=1S/C28H27FN2O5S/c1-17-5-4-14-31(37(3,33)34)24-16-25-23(15-22(17)24)26(28(32)30-2)27(36-25)18-6-10-20(11-7-18)35-21-12-8-19(29)9-13-21/h6-13,15-17H,4-5,14H2,1-3H3,(H,30,32)/t17-/m0/s1. The molecular formula is C28H27FN2O5S. The van der Waals surface area contributed by atoms with Gasteiger partial charge in [0.1, 0.15) is 28.7 Å². The molecule has 0 spiro atoms. The monoisotopic (exact) mass is 522 g/mol. The van der Waals surface area contributed by atoms with Gasteiger partial charge in [-0.1, -0.05) is 6.92 Å². The zero-order valence-electron chi connectivity index (χ0n) is 20.7. The number of amides is 1. The van der Waals surface area contributed by atoms with Crippen molar-refractivity contribution in [1.29, 1.82) is 0 Å². The van der Waals surface area contributed by atoms with Gasteiger partial charge in [0.25, 0.3) is 5.91 Å². The van der Waals surface area contributed by atoms with Gasteiger partial charge in [-0.3, -0.25) is 9.10 Å². The zero-order valence-corrected chi connectivity index (χ0v) is 21.6. The largest absolute Gasteiger partial charge is 0.457 e. The van der Waals surface area contributed by atoms with E-state index in [1.807, 2.05) is 6.07 Å². The Bertz CT molecular complexity index is 1580. The van der Waals surface area contributed by atoms with Gasteiger partial charge in [0.2, 0.25) is 10.0 Å². The summed E-state index contributed by atoms with van der Waals surface area (Å²) in [6.45, 7) is 2.46. The molecule has 192 valence electrons. The first kappa shape index (κ1) is 24.8. The number of sulfonamides is 1. The maximum atomic E-state index is 13.2. The van der Waals surface area contributed by atoms with E-state index in [9.17, 15) is 17.6 Å². The first-order valence-corrected chi connectivity index (χ1v) is 13.8. The number of carbonyl (C=O) groups excluding carboxylic acids is 1. The number of fused-ring (bicyclic) bond motifs is 2. The van der Waals surface area contributed by atoms with Crippen LogP contribution >= 0.6 is 0 Å². The number of nitrogens with one attached hydrogen (secondary N) is 1. The lowest BCUT2D eigenvalue weighted by Crippen LogP contribution is -2.30. The number of anilines is 1. The summed E-state index contributed by atoms with van der Waals surface area (Å²) in [5.74, 6) is 0.876. The normalized spacial score (nSPS) is 15.8. The molecule has 3 aromatic carbocycles. The molecule has 37 heavy (non-hydrogen) atoms. The van der Waals surface area contributed by atoms with Crippen LogP contribution in [-0.2, 0) is 10.0 Å². The molecule has 0 unspecified atom stereocenters. The molecule has 0 aliphatic carbocycles. The summed E-state index contributed by atoms with van der Waals surface area (Å²) in [6.07, 6.45) is 2.78. The topological polar surface area (TPSA) is 88.8 Å². The van der Waals surface area contributed by atoms with Crippen LogP contribution in [0.1, 0.15) is 41.6 Å². The third kappa shape index (κ3) is 4.79. The highest BCUT2D eigenvalue weighted by molar-refractivity contribution is 7.92. The van der Waals surface area contributed by atoms with Crippen molar-refractivity contribution in [3.05, 3.63) is 77.6 Å². The number of ether oxygens (including phenoxy) is 1. The van der Waals surface area contributed by atoms with Crippen molar-refractivity contribution in [1.82, 2.24) is 5.32 Å².